The zero-order valence-electron chi connectivity index (χ0n) is 11.0. The Bertz CT molecular complexity index is 493. The first kappa shape index (κ1) is 12.8. The van der Waals surface area contributed by atoms with Crippen molar-refractivity contribution in [3.63, 3.8) is 0 Å². The summed E-state index contributed by atoms with van der Waals surface area (Å²) in [6.07, 6.45) is 3.67. The van der Waals surface area contributed by atoms with Crippen LogP contribution in [0.5, 0.6) is 0 Å². The minimum Gasteiger partial charge on any atom is -0.383 e. The highest BCUT2D eigenvalue weighted by atomic mass is 16.5. The highest BCUT2D eigenvalue weighted by Gasteiger charge is 2.04. The van der Waals surface area contributed by atoms with Gasteiger partial charge in [-0.05, 0) is 18.9 Å². The molecule has 0 atom stereocenters. The minimum absolute atomic E-state index is 0.690. The Morgan fingerprint density at radius 1 is 1.28 bits per heavy atom. The molecule has 18 heavy (non-hydrogen) atoms. The Balaban J connectivity index is 1.95. The predicted octanol–water partition coefficient (Wildman–Crippen LogP) is 2.02. The van der Waals surface area contributed by atoms with Gasteiger partial charge in [-0.3, -0.25) is 0 Å². The lowest BCUT2D eigenvalue weighted by Crippen LogP contribution is -2.08. The molecule has 0 fully saturated rings. The Hall–Kier alpha value is -1.68. The monoisotopic (exact) mass is 245 g/mol. The first-order valence-electron chi connectivity index (χ1n) is 6.21. The SMILES string of the molecule is COCCn1cnnc1CCc1cccc(C)c1. The van der Waals surface area contributed by atoms with Crippen molar-refractivity contribution in [3.05, 3.63) is 47.5 Å². The molecule has 0 radical (unpaired) electrons. The van der Waals surface area contributed by atoms with Gasteiger partial charge in [0.25, 0.3) is 0 Å². The molecular weight excluding hydrogens is 226 g/mol. The molecule has 0 amide bonds. The molecule has 4 heteroatoms. The van der Waals surface area contributed by atoms with Gasteiger partial charge in [0.2, 0.25) is 0 Å². The molecule has 2 aromatic rings. The summed E-state index contributed by atoms with van der Waals surface area (Å²) in [5.41, 5.74) is 2.64. The second-order valence-corrected chi connectivity index (χ2v) is 4.42. The summed E-state index contributed by atoms with van der Waals surface area (Å²) in [5, 5.41) is 8.13. The zero-order valence-corrected chi connectivity index (χ0v) is 11.0. The van der Waals surface area contributed by atoms with Gasteiger partial charge in [0.05, 0.1) is 6.61 Å². The Kier molecular flexibility index (Phi) is 4.47. The van der Waals surface area contributed by atoms with Crippen molar-refractivity contribution in [2.24, 2.45) is 0 Å². The van der Waals surface area contributed by atoms with Gasteiger partial charge in [-0.2, -0.15) is 0 Å². The highest BCUT2D eigenvalue weighted by molar-refractivity contribution is 5.22. The van der Waals surface area contributed by atoms with Crippen molar-refractivity contribution >= 4 is 0 Å². The van der Waals surface area contributed by atoms with Crippen molar-refractivity contribution in [3.8, 4) is 0 Å². The van der Waals surface area contributed by atoms with Gasteiger partial charge < -0.3 is 9.30 Å². The molecule has 1 aromatic carbocycles. The van der Waals surface area contributed by atoms with E-state index in [0.29, 0.717) is 6.61 Å². The molecule has 1 heterocycles. The van der Waals surface area contributed by atoms with Crippen molar-refractivity contribution in [1.82, 2.24) is 14.8 Å². The van der Waals surface area contributed by atoms with Crippen LogP contribution in [0.4, 0.5) is 0 Å². The van der Waals surface area contributed by atoms with E-state index in [-0.39, 0.29) is 0 Å². The molecular formula is C14H19N3O. The number of ether oxygens (including phenoxy) is 1. The van der Waals surface area contributed by atoms with Crippen LogP contribution < -0.4 is 0 Å². The van der Waals surface area contributed by atoms with Crippen molar-refractivity contribution in [2.75, 3.05) is 13.7 Å². The summed E-state index contributed by atoms with van der Waals surface area (Å²) < 4.78 is 7.13. The quantitative estimate of drug-likeness (QED) is 0.781. The van der Waals surface area contributed by atoms with E-state index in [9.17, 15) is 0 Å². The molecule has 0 aliphatic heterocycles. The zero-order chi connectivity index (χ0) is 12.8. The van der Waals surface area contributed by atoms with Gasteiger partial charge in [-0.15, -0.1) is 10.2 Å². The number of nitrogens with zero attached hydrogens (tertiary/aromatic N) is 3. The molecule has 0 unspecified atom stereocenters. The van der Waals surface area contributed by atoms with Crippen molar-refractivity contribution < 1.29 is 4.74 Å². The third-order valence-electron chi connectivity index (χ3n) is 2.95. The van der Waals surface area contributed by atoms with E-state index in [4.69, 9.17) is 4.74 Å². The third kappa shape index (κ3) is 3.40. The molecule has 0 bridgehead atoms. The number of aryl methyl sites for hydroxylation is 3. The van der Waals surface area contributed by atoms with Crippen LogP contribution >= 0.6 is 0 Å². The maximum Gasteiger partial charge on any atom is 0.133 e. The summed E-state index contributed by atoms with van der Waals surface area (Å²) in [7, 11) is 1.71. The maximum absolute atomic E-state index is 5.07. The Labute approximate surface area is 108 Å². The van der Waals surface area contributed by atoms with Gasteiger partial charge in [0.1, 0.15) is 12.2 Å². The fourth-order valence-corrected chi connectivity index (χ4v) is 1.97. The topological polar surface area (TPSA) is 39.9 Å². The van der Waals surface area contributed by atoms with Crippen LogP contribution in [0.15, 0.2) is 30.6 Å². The van der Waals surface area contributed by atoms with Gasteiger partial charge in [0.15, 0.2) is 0 Å². The summed E-state index contributed by atoms with van der Waals surface area (Å²) in [4.78, 5) is 0. The van der Waals surface area contributed by atoms with Crippen LogP contribution in [0.2, 0.25) is 0 Å². The van der Waals surface area contributed by atoms with E-state index in [1.165, 1.54) is 11.1 Å². The van der Waals surface area contributed by atoms with Gasteiger partial charge in [-0.1, -0.05) is 29.8 Å². The van der Waals surface area contributed by atoms with Crippen LogP contribution in [0.1, 0.15) is 17.0 Å². The van der Waals surface area contributed by atoms with Crippen LogP contribution in [-0.2, 0) is 24.1 Å². The van der Waals surface area contributed by atoms with Crippen molar-refractivity contribution in [2.45, 2.75) is 26.3 Å². The van der Waals surface area contributed by atoms with E-state index in [2.05, 4.69) is 46.0 Å². The Morgan fingerprint density at radius 3 is 2.94 bits per heavy atom. The fraction of sp³-hybridized carbons (Fsp3) is 0.429. The first-order valence-corrected chi connectivity index (χ1v) is 6.21. The summed E-state index contributed by atoms with van der Waals surface area (Å²) in [6, 6.07) is 8.59. The van der Waals surface area contributed by atoms with E-state index < -0.39 is 0 Å². The standard InChI is InChI=1S/C14H19N3O/c1-12-4-3-5-13(10-12)6-7-14-16-15-11-17(14)8-9-18-2/h3-5,10-11H,6-9H2,1-2H3. The summed E-state index contributed by atoms with van der Waals surface area (Å²) in [6.45, 7) is 3.62. The van der Waals surface area contributed by atoms with Gasteiger partial charge in [0, 0.05) is 20.1 Å². The molecule has 96 valence electrons. The summed E-state index contributed by atoms with van der Waals surface area (Å²) >= 11 is 0. The molecule has 0 spiro atoms. The second-order valence-electron chi connectivity index (χ2n) is 4.42. The van der Waals surface area contributed by atoms with E-state index in [1.807, 2.05) is 0 Å². The van der Waals surface area contributed by atoms with Crippen LogP contribution in [-0.4, -0.2) is 28.5 Å². The summed E-state index contributed by atoms with van der Waals surface area (Å²) in [5.74, 6) is 1.02. The normalized spacial score (nSPS) is 10.8. The third-order valence-corrected chi connectivity index (χ3v) is 2.95. The minimum atomic E-state index is 0.690. The number of aromatic nitrogens is 3. The predicted molar refractivity (Wildman–Crippen MR) is 70.5 cm³/mol. The number of methoxy groups -OCH3 is 1. The number of rotatable bonds is 6. The average molecular weight is 245 g/mol. The van der Waals surface area contributed by atoms with Crippen molar-refractivity contribution in [1.29, 1.82) is 0 Å². The van der Waals surface area contributed by atoms with Gasteiger partial charge >= 0.3 is 0 Å². The molecule has 4 nitrogen and oxygen atoms in total. The van der Waals surface area contributed by atoms with E-state index in [1.54, 1.807) is 13.4 Å². The highest BCUT2D eigenvalue weighted by Crippen LogP contribution is 2.08. The fourth-order valence-electron chi connectivity index (χ4n) is 1.97. The number of benzene rings is 1. The second kappa shape index (κ2) is 6.31. The van der Waals surface area contributed by atoms with E-state index >= 15 is 0 Å². The first-order chi connectivity index (χ1) is 8.79. The molecule has 0 saturated carbocycles. The smallest absolute Gasteiger partial charge is 0.133 e. The molecule has 0 aliphatic rings. The average Bonchev–Trinajstić information content (AvgIpc) is 2.81. The van der Waals surface area contributed by atoms with Gasteiger partial charge in [-0.25, -0.2) is 0 Å². The molecule has 0 aliphatic carbocycles. The van der Waals surface area contributed by atoms with Crippen LogP contribution in [0.3, 0.4) is 0 Å². The molecule has 0 saturated heterocycles. The molecule has 1 aromatic heterocycles. The lowest BCUT2D eigenvalue weighted by atomic mass is 10.1. The molecule has 2 rings (SSSR count). The van der Waals surface area contributed by atoms with Crippen LogP contribution in [0, 0.1) is 6.92 Å². The number of hydrogen-bond acceptors (Lipinski definition) is 3. The maximum atomic E-state index is 5.07. The molecule has 0 N–H and O–H groups in total. The Morgan fingerprint density at radius 2 is 2.17 bits per heavy atom. The van der Waals surface area contributed by atoms with E-state index in [0.717, 1.165) is 25.2 Å². The van der Waals surface area contributed by atoms with Crippen LogP contribution in [0.25, 0.3) is 0 Å². The lowest BCUT2D eigenvalue weighted by molar-refractivity contribution is 0.186. The largest absolute Gasteiger partial charge is 0.383 e. The lowest BCUT2D eigenvalue weighted by Gasteiger charge is -2.06. The number of hydrogen-bond donors (Lipinski definition) is 0.